The van der Waals surface area contributed by atoms with Crippen LogP contribution in [-0.2, 0) is 6.18 Å². The van der Waals surface area contributed by atoms with Crippen molar-refractivity contribution in [1.29, 1.82) is 0 Å². The van der Waals surface area contributed by atoms with Gasteiger partial charge in [-0.05, 0) is 31.5 Å². The maximum atomic E-state index is 13.4. The van der Waals surface area contributed by atoms with Gasteiger partial charge in [0.25, 0.3) is 0 Å². The van der Waals surface area contributed by atoms with Crippen molar-refractivity contribution in [1.82, 2.24) is 0 Å². The molecule has 2 nitrogen and oxygen atoms in total. The Labute approximate surface area is 109 Å². The Kier molecular flexibility index (Phi) is 6.59. The maximum absolute atomic E-state index is 13.4. The van der Waals surface area contributed by atoms with Crippen LogP contribution in [0.3, 0.4) is 0 Å². The van der Waals surface area contributed by atoms with E-state index in [1.165, 1.54) is 0 Å². The number of halogens is 5. The molecule has 0 aliphatic rings. The monoisotopic (exact) mass is 286 g/mol. The van der Waals surface area contributed by atoms with Gasteiger partial charge >= 0.3 is 6.18 Å². The van der Waals surface area contributed by atoms with Crippen molar-refractivity contribution in [2.75, 3.05) is 6.54 Å². The van der Waals surface area contributed by atoms with Crippen molar-refractivity contribution < 1.29 is 17.6 Å². The second-order valence-corrected chi connectivity index (χ2v) is 3.74. The number of hydrogen-bond acceptors (Lipinski definition) is 2. The van der Waals surface area contributed by atoms with Crippen LogP contribution in [-0.4, -0.2) is 6.54 Å². The van der Waals surface area contributed by atoms with E-state index in [-0.39, 0.29) is 18.8 Å². The van der Waals surface area contributed by atoms with Gasteiger partial charge in [-0.1, -0.05) is 6.07 Å². The molecule has 1 aromatic carbocycles. The summed E-state index contributed by atoms with van der Waals surface area (Å²) in [4.78, 5) is 0. The maximum Gasteiger partial charge on any atom is 0.416 e. The standard InChI is InChI=1S/C11H14F4N2.ClH/c12-8-4-1-3-7(11(13,14)15)10(8)9(17)5-2-6-16;/h1,3-4,9H,2,5-6,16-17H2;1H/t9-;/m0./s1. The van der Waals surface area contributed by atoms with Crippen molar-refractivity contribution in [2.45, 2.75) is 25.1 Å². The van der Waals surface area contributed by atoms with Crippen LogP contribution < -0.4 is 11.5 Å². The second-order valence-electron chi connectivity index (χ2n) is 3.74. The number of nitrogens with two attached hydrogens (primary N) is 2. The van der Waals surface area contributed by atoms with Crippen molar-refractivity contribution in [3.63, 3.8) is 0 Å². The minimum atomic E-state index is -4.60. The molecule has 0 saturated carbocycles. The molecule has 0 aliphatic carbocycles. The van der Waals surface area contributed by atoms with Gasteiger partial charge in [-0.15, -0.1) is 12.4 Å². The molecule has 0 radical (unpaired) electrons. The van der Waals surface area contributed by atoms with Gasteiger partial charge in [0.15, 0.2) is 0 Å². The van der Waals surface area contributed by atoms with Gasteiger partial charge in [0.2, 0.25) is 0 Å². The van der Waals surface area contributed by atoms with Gasteiger partial charge in [0.1, 0.15) is 5.82 Å². The van der Waals surface area contributed by atoms with E-state index in [9.17, 15) is 17.6 Å². The molecule has 7 heteroatoms. The van der Waals surface area contributed by atoms with Crippen LogP contribution in [0, 0.1) is 5.82 Å². The molecule has 1 rings (SSSR count). The SMILES string of the molecule is Cl.NCCC[C@H](N)c1c(F)cccc1C(F)(F)F. The molecule has 1 aromatic rings. The smallest absolute Gasteiger partial charge is 0.330 e. The summed E-state index contributed by atoms with van der Waals surface area (Å²) in [6.45, 7) is 0.309. The molecule has 0 amide bonds. The first kappa shape index (κ1) is 17.2. The average Bonchev–Trinajstić information content (AvgIpc) is 2.24. The third-order valence-corrected chi connectivity index (χ3v) is 2.45. The zero-order valence-electron chi connectivity index (χ0n) is 9.51. The van der Waals surface area contributed by atoms with E-state index in [0.29, 0.717) is 13.0 Å². The Balaban J connectivity index is 0.00000289. The van der Waals surface area contributed by atoms with Gasteiger partial charge in [0.05, 0.1) is 5.56 Å². The normalized spacial score (nSPS) is 13.0. The lowest BCUT2D eigenvalue weighted by Gasteiger charge is -2.18. The highest BCUT2D eigenvalue weighted by atomic mass is 35.5. The Morgan fingerprint density at radius 1 is 1.22 bits per heavy atom. The Morgan fingerprint density at radius 3 is 2.33 bits per heavy atom. The van der Waals surface area contributed by atoms with Crippen LogP contribution in [0.5, 0.6) is 0 Å². The molecule has 4 N–H and O–H groups in total. The topological polar surface area (TPSA) is 52.0 Å². The summed E-state index contributed by atoms with van der Waals surface area (Å²) < 4.78 is 51.4. The molecule has 0 heterocycles. The molecular weight excluding hydrogens is 272 g/mol. The van der Waals surface area contributed by atoms with Crippen LogP contribution in [0.15, 0.2) is 18.2 Å². The molecule has 104 valence electrons. The average molecular weight is 287 g/mol. The molecule has 0 spiro atoms. The molecule has 0 unspecified atom stereocenters. The van der Waals surface area contributed by atoms with Gasteiger partial charge in [-0.2, -0.15) is 13.2 Å². The molecule has 0 aliphatic heterocycles. The summed E-state index contributed by atoms with van der Waals surface area (Å²) in [6, 6.07) is 1.85. The fourth-order valence-electron chi connectivity index (χ4n) is 1.64. The van der Waals surface area contributed by atoms with E-state index in [1.54, 1.807) is 0 Å². The van der Waals surface area contributed by atoms with Gasteiger partial charge < -0.3 is 11.5 Å². The molecular formula is C11H15ClF4N2. The molecule has 0 bridgehead atoms. The molecule has 18 heavy (non-hydrogen) atoms. The third-order valence-electron chi connectivity index (χ3n) is 2.45. The van der Waals surface area contributed by atoms with E-state index in [4.69, 9.17) is 11.5 Å². The Morgan fingerprint density at radius 2 is 1.83 bits per heavy atom. The summed E-state index contributed by atoms with van der Waals surface area (Å²) >= 11 is 0. The lowest BCUT2D eigenvalue weighted by Crippen LogP contribution is -2.20. The fraction of sp³-hybridized carbons (Fsp3) is 0.455. The summed E-state index contributed by atoms with van der Waals surface area (Å²) in [7, 11) is 0. The van der Waals surface area contributed by atoms with E-state index in [2.05, 4.69) is 0 Å². The van der Waals surface area contributed by atoms with E-state index >= 15 is 0 Å². The van der Waals surface area contributed by atoms with Crippen LogP contribution in [0.25, 0.3) is 0 Å². The predicted molar refractivity (Wildman–Crippen MR) is 63.9 cm³/mol. The minimum absolute atomic E-state index is 0. The number of hydrogen-bond donors (Lipinski definition) is 2. The summed E-state index contributed by atoms with van der Waals surface area (Å²) in [5.74, 6) is -0.927. The minimum Gasteiger partial charge on any atom is -0.330 e. The molecule has 0 fully saturated rings. The van der Waals surface area contributed by atoms with Crippen molar-refractivity contribution in [2.24, 2.45) is 11.5 Å². The van der Waals surface area contributed by atoms with E-state index in [1.807, 2.05) is 0 Å². The zero-order chi connectivity index (χ0) is 13.1. The van der Waals surface area contributed by atoms with Gasteiger partial charge in [0, 0.05) is 11.6 Å². The van der Waals surface area contributed by atoms with Crippen LogP contribution >= 0.6 is 12.4 Å². The number of benzene rings is 1. The van der Waals surface area contributed by atoms with Crippen molar-refractivity contribution in [3.8, 4) is 0 Å². The Bertz CT molecular complexity index is 382. The fourth-order valence-corrected chi connectivity index (χ4v) is 1.64. The van der Waals surface area contributed by atoms with Crippen LogP contribution in [0.1, 0.15) is 30.0 Å². The highest BCUT2D eigenvalue weighted by Gasteiger charge is 2.35. The largest absolute Gasteiger partial charge is 0.416 e. The van der Waals surface area contributed by atoms with Crippen molar-refractivity contribution in [3.05, 3.63) is 35.1 Å². The third kappa shape index (κ3) is 4.12. The van der Waals surface area contributed by atoms with Crippen molar-refractivity contribution >= 4 is 12.4 Å². The van der Waals surface area contributed by atoms with E-state index in [0.717, 1.165) is 18.2 Å². The highest BCUT2D eigenvalue weighted by Crippen LogP contribution is 2.36. The van der Waals surface area contributed by atoms with Crippen LogP contribution in [0.2, 0.25) is 0 Å². The lowest BCUT2D eigenvalue weighted by atomic mass is 9.96. The molecule has 0 aromatic heterocycles. The van der Waals surface area contributed by atoms with Gasteiger partial charge in [-0.25, -0.2) is 4.39 Å². The quantitative estimate of drug-likeness (QED) is 0.836. The summed E-state index contributed by atoms with van der Waals surface area (Å²) in [5, 5.41) is 0. The zero-order valence-corrected chi connectivity index (χ0v) is 10.3. The molecule has 0 saturated heterocycles. The van der Waals surface area contributed by atoms with Gasteiger partial charge in [-0.3, -0.25) is 0 Å². The molecule has 1 atom stereocenters. The first-order valence-corrected chi connectivity index (χ1v) is 5.19. The first-order chi connectivity index (χ1) is 7.88. The Hall–Kier alpha value is -0.850. The number of rotatable bonds is 4. The van der Waals surface area contributed by atoms with Crippen LogP contribution in [0.4, 0.5) is 17.6 Å². The summed E-state index contributed by atoms with van der Waals surface area (Å²) in [6.07, 6.45) is -3.93. The highest BCUT2D eigenvalue weighted by molar-refractivity contribution is 5.85. The lowest BCUT2D eigenvalue weighted by molar-refractivity contribution is -0.138. The predicted octanol–water partition coefficient (Wildman–Crippen LogP) is 3.01. The van der Waals surface area contributed by atoms with E-state index < -0.39 is 29.2 Å². The first-order valence-electron chi connectivity index (χ1n) is 5.19. The second kappa shape index (κ2) is 6.92. The summed E-state index contributed by atoms with van der Waals surface area (Å²) in [5.41, 5.74) is 9.34. The number of alkyl halides is 3.